The zero-order chi connectivity index (χ0) is 25.2. The number of carbonyl (C=O) groups is 2. The molecule has 0 aliphatic carbocycles. The lowest BCUT2D eigenvalue weighted by atomic mass is 10.0. The number of cyclic esters (lactones) is 1. The summed E-state index contributed by atoms with van der Waals surface area (Å²) >= 11 is 0. The highest BCUT2D eigenvalue weighted by atomic mass is 16.5. The Balaban J connectivity index is 1.83. The van der Waals surface area contributed by atoms with Crippen LogP contribution in [0.3, 0.4) is 0 Å². The number of benzene rings is 2. The predicted molar refractivity (Wildman–Crippen MR) is 136 cm³/mol. The third-order valence-electron chi connectivity index (χ3n) is 5.66. The number of ether oxygens (including phenoxy) is 4. The van der Waals surface area contributed by atoms with Crippen molar-refractivity contribution in [3.63, 3.8) is 0 Å². The van der Waals surface area contributed by atoms with Gasteiger partial charge in [0.15, 0.2) is 5.78 Å². The molecule has 2 atom stereocenters. The summed E-state index contributed by atoms with van der Waals surface area (Å²) in [6.45, 7) is 6.42. The molecule has 0 fully saturated rings. The van der Waals surface area contributed by atoms with Crippen molar-refractivity contribution in [2.45, 2.75) is 58.8 Å². The van der Waals surface area contributed by atoms with Crippen molar-refractivity contribution >= 4 is 17.8 Å². The number of hydrogen-bond donors (Lipinski definition) is 0. The van der Waals surface area contributed by atoms with Gasteiger partial charge in [-0.25, -0.2) is 4.79 Å². The van der Waals surface area contributed by atoms with Crippen LogP contribution in [0, 0.1) is 6.92 Å². The maximum absolute atomic E-state index is 13.0. The minimum Gasteiger partial charge on any atom is -0.497 e. The van der Waals surface area contributed by atoms with Gasteiger partial charge >= 0.3 is 5.97 Å². The molecule has 2 aromatic rings. The highest BCUT2D eigenvalue weighted by Crippen LogP contribution is 2.28. The van der Waals surface area contributed by atoms with Crippen molar-refractivity contribution < 1.29 is 28.5 Å². The Hall–Kier alpha value is -3.38. The van der Waals surface area contributed by atoms with Gasteiger partial charge in [0, 0.05) is 6.42 Å². The van der Waals surface area contributed by atoms with Crippen LogP contribution in [0.15, 0.2) is 54.6 Å². The zero-order valence-electron chi connectivity index (χ0n) is 20.9. The van der Waals surface area contributed by atoms with E-state index < -0.39 is 18.2 Å². The van der Waals surface area contributed by atoms with Crippen molar-refractivity contribution in [3.05, 3.63) is 76.9 Å². The van der Waals surface area contributed by atoms with Crippen LogP contribution in [0.4, 0.5) is 0 Å². The van der Waals surface area contributed by atoms with Gasteiger partial charge in [0.2, 0.25) is 0 Å². The number of esters is 1. The van der Waals surface area contributed by atoms with Gasteiger partial charge in [-0.3, -0.25) is 4.79 Å². The molecule has 6 nitrogen and oxygen atoms in total. The van der Waals surface area contributed by atoms with E-state index in [2.05, 4.69) is 0 Å². The van der Waals surface area contributed by atoms with Crippen LogP contribution in [0.25, 0.3) is 6.08 Å². The Labute approximate surface area is 207 Å². The maximum atomic E-state index is 13.0. The molecule has 1 aliphatic rings. The van der Waals surface area contributed by atoms with Crippen LogP contribution in [0.5, 0.6) is 11.5 Å². The number of carbonyl (C=O) groups excluding carboxylic acids is 2. The van der Waals surface area contributed by atoms with E-state index in [9.17, 15) is 9.59 Å². The molecule has 3 rings (SSSR count). The molecule has 0 saturated carbocycles. The van der Waals surface area contributed by atoms with Gasteiger partial charge in [-0.05, 0) is 74.6 Å². The Morgan fingerprint density at radius 3 is 2.54 bits per heavy atom. The minimum absolute atomic E-state index is 0.0997. The second-order valence-electron chi connectivity index (χ2n) is 8.54. The number of rotatable bonds is 6. The first-order chi connectivity index (χ1) is 16.9. The lowest BCUT2D eigenvalue weighted by Gasteiger charge is -2.18. The van der Waals surface area contributed by atoms with E-state index in [0.29, 0.717) is 43.8 Å². The van der Waals surface area contributed by atoms with Crippen molar-refractivity contribution in [1.82, 2.24) is 0 Å². The minimum atomic E-state index is -0.574. The van der Waals surface area contributed by atoms with Gasteiger partial charge in [-0.15, -0.1) is 0 Å². The summed E-state index contributed by atoms with van der Waals surface area (Å²) in [6.07, 6.45) is 7.69. The molecule has 0 N–H and O–H groups in total. The fraction of sp³-hybridized carbons (Fsp3) is 0.379. The van der Waals surface area contributed by atoms with E-state index >= 15 is 0 Å². The van der Waals surface area contributed by atoms with Crippen LogP contribution in [0.2, 0.25) is 0 Å². The number of allylic oxidation sites excluding steroid dienone is 1. The lowest BCUT2D eigenvalue weighted by Crippen LogP contribution is -2.23. The molecule has 35 heavy (non-hydrogen) atoms. The Morgan fingerprint density at radius 2 is 1.83 bits per heavy atom. The van der Waals surface area contributed by atoms with E-state index in [1.807, 2.05) is 62.4 Å². The normalized spacial score (nSPS) is 20.8. The second kappa shape index (κ2) is 12.9. The summed E-state index contributed by atoms with van der Waals surface area (Å²) in [7, 11) is 1.62. The van der Waals surface area contributed by atoms with Crippen LogP contribution >= 0.6 is 0 Å². The van der Waals surface area contributed by atoms with E-state index in [0.717, 1.165) is 22.4 Å². The molecule has 2 aromatic carbocycles. The third kappa shape index (κ3) is 7.55. The summed E-state index contributed by atoms with van der Waals surface area (Å²) in [5, 5.41) is 0. The number of hydrogen-bond acceptors (Lipinski definition) is 6. The standard InChI is InChI=1S/C29H34O6/c1-5-33-27-18-20(2)17-23-10-6-7-12-26(34-19-22-13-15-24(32-4)16-14-22)25(30)11-8-9-21(3)35-29(31)28(23)27/h6,8,10-11,13-18,21,26H,5,7,9,12,19H2,1-4H3/b10-6+,11-8-/t21-,26-/m0/s1. The quantitative estimate of drug-likeness (QED) is 0.485. The molecule has 6 heteroatoms. The first-order valence-corrected chi connectivity index (χ1v) is 12.0. The topological polar surface area (TPSA) is 71.1 Å². The fourth-order valence-corrected chi connectivity index (χ4v) is 3.86. The van der Waals surface area contributed by atoms with Crippen molar-refractivity contribution in [3.8, 4) is 11.5 Å². The summed E-state index contributed by atoms with van der Waals surface area (Å²) in [4.78, 5) is 25.9. The maximum Gasteiger partial charge on any atom is 0.342 e. The molecular weight excluding hydrogens is 444 g/mol. The highest BCUT2D eigenvalue weighted by Gasteiger charge is 2.22. The van der Waals surface area contributed by atoms with Gasteiger partial charge in [-0.1, -0.05) is 36.4 Å². The molecule has 0 amide bonds. The molecule has 0 aromatic heterocycles. The number of fused-ring (bicyclic) bond motifs is 1. The van der Waals surface area contributed by atoms with Gasteiger partial charge in [0.05, 0.1) is 20.3 Å². The second-order valence-corrected chi connectivity index (χ2v) is 8.54. The van der Waals surface area contributed by atoms with Crippen LogP contribution in [-0.4, -0.2) is 37.7 Å². The fourth-order valence-electron chi connectivity index (χ4n) is 3.86. The molecule has 1 heterocycles. The Kier molecular flexibility index (Phi) is 9.67. The molecule has 186 valence electrons. The summed E-state index contributed by atoms with van der Waals surface area (Å²) in [5.41, 5.74) is 3.11. The molecular formula is C29H34O6. The SMILES string of the molecule is CCOc1cc(C)cc2c1C(=O)O[C@@H](C)C/C=C\C(=O)[C@@H](OCc1ccc(OC)cc1)CC/C=C/2. The Bertz CT molecular complexity index is 1070. The number of methoxy groups -OCH3 is 1. The summed E-state index contributed by atoms with van der Waals surface area (Å²) in [5.74, 6) is 0.757. The zero-order valence-corrected chi connectivity index (χ0v) is 20.9. The summed E-state index contributed by atoms with van der Waals surface area (Å²) < 4.78 is 22.6. The summed E-state index contributed by atoms with van der Waals surface area (Å²) in [6, 6.07) is 11.4. The van der Waals surface area contributed by atoms with E-state index in [-0.39, 0.29) is 5.78 Å². The molecule has 1 aliphatic heterocycles. The van der Waals surface area contributed by atoms with E-state index in [1.54, 1.807) is 20.1 Å². The average molecular weight is 479 g/mol. The van der Waals surface area contributed by atoms with Gasteiger partial charge in [-0.2, -0.15) is 0 Å². The van der Waals surface area contributed by atoms with Crippen LogP contribution in [-0.2, 0) is 20.9 Å². The van der Waals surface area contributed by atoms with E-state index in [4.69, 9.17) is 18.9 Å². The molecule has 0 saturated heterocycles. The third-order valence-corrected chi connectivity index (χ3v) is 5.66. The van der Waals surface area contributed by atoms with E-state index in [1.165, 1.54) is 6.08 Å². The van der Waals surface area contributed by atoms with Crippen molar-refractivity contribution in [2.75, 3.05) is 13.7 Å². The molecule has 0 radical (unpaired) electrons. The first kappa shape index (κ1) is 26.2. The largest absolute Gasteiger partial charge is 0.497 e. The van der Waals surface area contributed by atoms with Crippen molar-refractivity contribution in [1.29, 1.82) is 0 Å². The monoisotopic (exact) mass is 478 g/mol. The number of ketones is 1. The smallest absolute Gasteiger partial charge is 0.342 e. The van der Waals surface area contributed by atoms with Gasteiger partial charge in [0.1, 0.15) is 29.3 Å². The molecule has 0 spiro atoms. The first-order valence-electron chi connectivity index (χ1n) is 12.0. The lowest BCUT2D eigenvalue weighted by molar-refractivity contribution is -0.126. The van der Waals surface area contributed by atoms with Gasteiger partial charge in [0.25, 0.3) is 0 Å². The predicted octanol–water partition coefficient (Wildman–Crippen LogP) is 5.86. The Morgan fingerprint density at radius 1 is 1.06 bits per heavy atom. The molecule has 0 unspecified atom stereocenters. The van der Waals surface area contributed by atoms with Crippen molar-refractivity contribution in [2.24, 2.45) is 0 Å². The number of aryl methyl sites for hydroxylation is 1. The average Bonchev–Trinajstić information content (AvgIpc) is 2.83. The molecule has 0 bridgehead atoms. The van der Waals surface area contributed by atoms with Crippen LogP contribution < -0.4 is 9.47 Å². The van der Waals surface area contributed by atoms with Gasteiger partial charge < -0.3 is 18.9 Å². The van der Waals surface area contributed by atoms with Crippen LogP contribution in [0.1, 0.15) is 60.2 Å². The highest BCUT2D eigenvalue weighted by molar-refractivity contribution is 5.97.